The van der Waals surface area contributed by atoms with E-state index in [0.717, 1.165) is 24.9 Å². The first kappa shape index (κ1) is 17.0. The summed E-state index contributed by atoms with van der Waals surface area (Å²) in [7, 11) is 0. The monoisotopic (exact) mass is 341 g/mol. The molecule has 0 aromatic heterocycles. The highest BCUT2D eigenvalue weighted by Gasteiger charge is 2.42. The number of nitrogens with zero attached hydrogens (tertiary/aromatic N) is 1. The molecule has 25 heavy (non-hydrogen) atoms. The Hall–Kier alpha value is -1.39. The maximum Gasteiger partial charge on any atom is 0.234 e. The van der Waals surface area contributed by atoms with E-state index in [1.807, 2.05) is 6.07 Å². The highest BCUT2D eigenvalue weighted by Crippen LogP contribution is 2.49. The summed E-state index contributed by atoms with van der Waals surface area (Å²) in [6.07, 6.45) is 5.49. The molecule has 2 aliphatic carbocycles. The number of hydrogen-bond donors (Lipinski definition) is 2. The van der Waals surface area contributed by atoms with Gasteiger partial charge in [-0.15, -0.1) is 0 Å². The lowest BCUT2D eigenvalue weighted by Gasteiger charge is -2.29. The van der Waals surface area contributed by atoms with Crippen LogP contribution in [0, 0.1) is 17.8 Å². The predicted molar refractivity (Wildman–Crippen MR) is 100 cm³/mol. The average molecular weight is 341 g/mol. The number of hydrogen-bond acceptors (Lipinski definition) is 3. The van der Waals surface area contributed by atoms with Crippen molar-refractivity contribution in [3.8, 4) is 0 Å². The molecule has 1 aromatic carbocycles. The standard InChI is InChI=1S/C21H31N3O/c1-14(18-10-15-7-8-17(18)9-15)23-21(25)13-24-11-19(20(22)12-24)16-5-3-2-4-6-16/h2-6,14-15,17-20H,7-13,22H2,1H3,(H,23,25)/t14?,15?,17?,18?,19-,20+/m0/s1. The Bertz CT molecular complexity index is 604. The van der Waals surface area contributed by atoms with Gasteiger partial charge in [0.1, 0.15) is 0 Å². The molecule has 1 aliphatic heterocycles. The summed E-state index contributed by atoms with van der Waals surface area (Å²) in [6, 6.07) is 10.9. The number of rotatable bonds is 5. The smallest absolute Gasteiger partial charge is 0.234 e. The Labute approximate surface area is 151 Å². The van der Waals surface area contributed by atoms with Crippen LogP contribution in [0.15, 0.2) is 30.3 Å². The number of nitrogens with one attached hydrogen (secondary N) is 1. The predicted octanol–water partition coefficient (Wildman–Crippen LogP) is 2.35. The summed E-state index contributed by atoms with van der Waals surface area (Å²) in [5.41, 5.74) is 7.63. The van der Waals surface area contributed by atoms with Crippen molar-refractivity contribution in [1.29, 1.82) is 0 Å². The number of carbonyl (C=O) groups is 1. The molecule has 2 bridgehead atoms. The number of nitrogens with two attached hydrogens (primary N) is 1. The van der Waals surface area contributed by atoms with E-state index < -0.39 is 0 Å². The minimum Gasteiger partial charge on any atom is -0.352 e. The van der Waals surface area contributed by atoms with Crippen molar-refractivity contribution in [3.63, 3.8) is 0 Å². The maximum atomic E-state index is 12.5. The van der Waals surface area contributed by atoms with Crippen molar-refractivity contribution in [2.24, 2.45) is 23.5 Å². The molecule has 1 aromatic rings. The first-order valence-electron chi connectivity index (χ1n) is 9.92. The zero-order chi connectivity index (χ0) is 17.4. The summed E-state index contributed by atoms with van der Waals surface area (Å²) >= 11 is 0. The Morgan fingerprint density at radius 2 is 2.04 bits per heavy atom. The van der Waals surface area contributed by atoms with Crippen LogP contribution < -0.4 is 11.1 Å². The van der Waals surface area contributed by atoms with Crippen LogP contribution in [0.25, 0.3) is 0 Å². The lowest BCUT2D eigenvalue weighted by atomic mass is 9.84. The number of benzene rings is 1. The number of amides is 1. The minimum atomic E-state index is 0.109. The third-order valence-corrected chi connectivity index (χ3v) is 6.86. The molecular weight excluding hydrogens is 310 g/mol. The summed E-state index contributed by atoms with van der Waals surface area (Å²) in [5.74, 6) is 2.97. The molecule has 6 atom stereocenters. The van der Waals surface area contributed by atoms with Gasteiger partial charge in [-0.2, -0.15) is 0 Å². The Morgan fingerprint density at radius 1 is 1.24 bits per heavy atom. The van der Waals surface area contributed by atoms with E-state index in [-0.39, 0.29) is 11.9 Å². The Kier molecular flexibility index (Phi) is 4.83. The molecule has 3 aliphatic rings. The topological polar surface area (TPSA) is 58.4 Å². The van der Waals surface area contributed by atoms with Gasteiger partial charge in [0.05, 0.1) is 6.54 Å². The second kappa shape index (κ2) is 7.08. The van der Waals surface area contributed by atoms with Crippen molar-refractivity contribution in [3.05, 3.63) is 35.9 Å². The molecule has 4 unspecified atom stereocenters. The third-order valence-electron chi connectivity index (χ3n) is 6.86. The van der Waals surface area contributed by atoms with Gasteiger partial charge in [0.15, 0.2) is 0 Å². The van der Waals surface area contributed by atoms with Crippen LogP contribution in [-0.4, -0.2) is 42.5 Å². The Balaban J connectivity index is 1.28. The molecular formula is C21H31N3O. The molecule has 2 saturated carbocycles. The first-order chi connectivity index (χ1) is 12.1. The van der Waals surface area contributed by atoms with Gasteiger partial charge in [0.2, 0.25) is 5.91 Å². The lowest BCUT2D eigenvalue weighted by molar-refractivity contribution is -0.123. The minimum absolute atomic E-state index is 0.109. The molecule has 1 amide bonds. The second-order valence-electron chi connectivity index (χ2n) is 8.57. The summed E-state index contributed by atoms with van der Waals surface area (Å²) in [5, 5.41) is 3.28. The summed E-state index contributed by atoms with van der Waals surface area (Å²) < 4.78 is 0. The van der Waals surface area contributed by atoms with Crippen molar-refractivity contribution in [1.82, 2.24) is 10.2 Å². The highest BCUT2D eigenvalue weighted by atomic mass is 16.2. The lowest BCUT2D eigenvalue weighted by Crippen LogP contribution is -2.44. The zero-order valence-corrected chi connectivity index (χ0v) is 15.2. The number of fused-ring (bicyclic) bond motifs is 2. The molecule has 0 radical (unpaired) electrons. The van der Waals surface area contributed by atoms with Gasteiger partial charge in [0.25, 0.3) is 0 Å². The summed E-state index contributed by atoms with van der Waals surface area (Å²) in [4.78, 5) is 14.7. The van der Waals surface area contributed by atoms with Crippen LogP contribution in [0.1, 0.15) is 44.1 Å². The molecule has 136 valence electrons. The van der Waals surface area contributed by atoms with Crippen LogP contribution in [0.2, 0.25) is 0 Å². The molecule has 4 nitrogen and oxygen atoms in total. The fraction of sp³-hybridized carbons (Fsp3) is 0.667. The number of carbonyl (C=O) groups excluding carboxylic acids is 1. The van der Waals surface area contributed by atoms with Gasteiger partial charge in [-0.05, 0) is 49.5 Å². The molecule has 4 rings (SSSR count). The van der Waals surface area contributed by atoms with Crippen molar-refractivity contribution >= 4 is 5.91 Å². The van der Waals surface area contributed by atoms with E-state index in [1.165, 1.54) is 31.2 Å². The fourth-order valence-corrected chi connectivity index (χ4v) is 5.61. The van der Waals surface area contributed by atoms with Crippen molar-refractivity contribution < 1.29 is 4.79 Å². The van der Waals surface area contributed by atoms with Crippen molar-refractivity contribution in [2.45, 2.75) is 50.6 Å². The van der Waals surface area contributed by atoms with E-state index in [9.17, 15) is 4.79 Å². The van der Waals surface area contributed by atoms with Crippen LogP contribution in [0.5, 0.6) is 0 Å². The molecule has 4 heteroatoms. The van der Waals surface area contributed by atoms with E-state index in [2.05, 4.69) is 41.4 Å². The molecule has 0 spiro atoms. The van der Waals surface area contributed by atoms with Gasteiger partial charge in [-0.1, -0.05) is 36.8 Å². The molecule has 3 fully saturated rings. The fourth-order valence-electron chi connectivity index (χ4n) is 5.61. The molecule has 1 saturated heterocycles. The normalized spacial score (nSPS) is 35.8. The van der Waals surface area contributed by atoms with E-state index in [0.29, 0.717) is 24.4 Å². The van der Waals surface area contributed by atoms with Gasteiger partial charge in [-0.25, -0.2) is 0 Å². The second-order valence-corrected chi connectivity index (χ2v) is 8.57. The van der Waals surface area contributed by atoms with Crippen LogP contribution in [-0.2, 0) is 4.79 Å². The first-order valence-corrected chi connectivity index (χ1v) is 9.92. The van der Waals surface area contributed by atoms with E-state index in [4.69, 9.17) is 5.73 Å². The molecule has 3 N–H and O–H groups in total. The van der Waals surface area contributed by atoms with E-state index >= 15 is 0 Å². The van der Waals surface area contributed by atoms with Crippen molar-refractivity contribution in [2.75, 3.05) is 19.6 Å². The highest BCUT2D eigenvalue weighted by molar-refractivity contribution is 5.78. The van der Waals surface area contributed by atoms with Gasteiger partial charge in [0, 0.05) is 31.1 Å². The average Bonchev–Trinajstić information content (AvgIpc) is 3.31. The van der Waals surface area contributed by atoms with Gasteiger partial charge < -0.3 is 11.1 Å². The Morgan fingerprint density at radius 3 is 2.72 bits per heavy atom. The SMILES string of the molecule is CC(NC(=O)CN1C[C@@H](N)[C@H](c2ccccc2)C1)C1CC2CCC1C2. The quantitative estimate of drug-likeness (QED) is 0.864. The zero-order valence-electron chi connectivity index (χ0n) is 15.2. The summed E-state index contributed by atoms with van der Waals surface area (Å²) in [6.45, 7) is 4.35. The van der Waals surface area contributed by atoms with Gasteiger partial charge in [-0.3, -0.25) is 9.69 Å². The largest absolute Gasteiger partial charge is 0.352 e. The molecule has 1 heterocycles. The van der Waals surface area contributed by atoms with Crippen LogP contribution >= 0.6 is 0 Å². The maximum absolute atomic E-state index is 12.5. The van der Waals surface area contributed by atoms with Crippen LogP contribution in [0.4, 0.5) is 0 Å². The third kappa shape index (κ3) is 3.61. The number of likely N-dealkylation sites (tertiary alicyclic amines) is 1. The van der Waals surface area contributed by atoms with Gasteiger partial charge >= 0.3 is 0 Å². The van der Waals surface area contributed by atoms with E-state index in [1.54, 1.807) is 0 Å². The van der Waals surface area contributed by atoms with Crippen LogP contribution in [0.3, 0.4) is 0 Å².